The molecule has 0 saturated carbocycles. The average molecular weight is 494 g/mol. The van der Waals surface area contributed by atoms with Gasteiger partial charge in [-0.25, -0.2) is 18.4 Å². The van der Waals surface area contributed by atoms with E-state index in [1.165, 1.54) is 4.31 Å². The van der Waals surface area contributed by atoms with Gasteiger partial charge in [0.15, 0.2) is 0 Å². The zero-order chi connectivity index (χ0) is 24.2. The number of nitrogens with one attached hydrogen (secondary N) is 1. The quantitative estimate of drug-likeness (QED) is 0.590. The van der Waals surface area contributed by atoms with Gasteiger partial charge in [-0.15, -0.1) is 0 Å². The average Bonchev–Trinajstić information content (AvgIpc) is 3.28. The number of rotatable bonds is 4. The van der Waals surface area contributed by atoms with Crippen molar-refractivity contribution in [3.05, 3.63) is 48.3 Å². The maximum atomic E-state index is 12.2. The Bertz CT molecular complexity index is 1460. The van der Waals surface area contributed by atoms with E-state index in [9.17, 15) is 13.2 Å². The smallest absolute Gasteiger partial charge is 0.238 e. The lowest BCUT2D eigenvalue weighted by molar-refractivity contribution is -0.117. The molecule has 11 heteroatoms. The standard InChI is InChI=1S/C24H23N5O5S/c1-35(31,32)29-7-8-33-24-20(29)10-16(12-26-24)27-22-9-15-14-34-21-11-17(28-6-2-3-23(28)30)4-5-18(21)19(15)13-25-22/h4-5,9-13H,2-3,6-8,14H2,1H3,(H,25,27). The highest BCUT2D eigenvalue weighted by Gasteiger charge is 2.27. The summed E-state index contributed by atoms with van der Waals surface area (Å²) in [6.45, 7) is 1.59. The molecule has 0 bridgehead atoms. The number of benzene rings is 1. The highest BCUT2D eigenvalue weighted by Crippen LogP contribution is 2.41. The van der Waals surface area contributed by atoms with Crippen LogP contribution in [-0.2, 0) is 21.4 Å². The predicted octanol–water partition coefficient (Wildman–Crippen LogP) is 3.06. The van der Waals surface area contributed by atoms with E-state index < -0.39 is 10.0 Å². The fraction of sp³-hybridized carbons (Fsp3) is 0.292. The van der Waals surface area contributed by atoms with Crippen molar-refractivity contribution in [3.8, 4) is 22.8 Å². The molecule has 0 unspecified atom stereocenters. The summed E-state index contributed by atoms with van der Waals surface area (Å²) >= 11 is 0. The van der Waals surface area contributed by atoms with Crippen LogP contribution in [0.25, 0.3) is 11.1 Å². The van der Waals surface area contributed by atoms with Gasteiger partial charge in [0.25, 0.3) is 0 Å². The van der Waals surface area contributed by atoms with E-state index in [-0.39, 0.29) is 24.9 Å². The van der Waals surface area contributed by atoms with E-state index in [4.69, 9.17) is 9.47 Å². The molecule has 2 aromatic heterocycles. The summed E-state index contributed by atoms with van der Waals surface area (Å²) in [6.07, 6.45) is 5.99. The number of nitrogens with zero attached hydrogens (tertiary/aromatic N) is 4. The summed E-state index contributed by atoms with van der Waals surface area (Å²) in [6, 6.07) is 9.43. The highest BCUT2D eigenvalue weighted by atomic mass is 32.2. The van der Waals surface area contributed by atoms with E-state index >= 15 is 0 Å². The second-order valence-corrected chi connectivity index (χ2v) is 10.6. The first-order valence-corrected chi connectivity index (χ1v) is 13.2. The third-order valence-electron chi connectivity index (χ3n) is 6.32. The van der Waals surface area contributed by atoms with Crippen LogP contribution in [0.3, 0.4) is 0 Å². The molecular weight excluding hydrogens is 470 g/mol. The summed E-state index contributed by atoms with van der Waals surface area (Å²) in [5, 5.41) is 3.20. The topological polar surface area (TPSA) is 114 Å². The Morgan fingerprint density at radius 2 is 1.91 bits per heavy atom. The summed E-state index contributed by atoms with van der Waals surface area (Å²) in [5.74, 6) is 1.74. The van der Waals surface area contributed by atoms with E-state index in [1.807, 2.05) is 24.3 Å². The lowest BCUT2D eigenvalue weighted by Gasteiger charge is -2.28. The number of aromatic nitrogens is 2. The van der Waals surface area contributed by atoms with Crippen molar-refractivity contribution in [1.82, 2.24) is 9.97 Å². The number of amides is 1. The molecule has 3 aromatic rings. The monoisotopic (exact) mass is 493 g/mol. The molecule has 3 aliphatic rings. The summed E-state index contributed by atoms with van der Waals surface area (Å²) in [7, 11) is -3.45. The largest absolute Gasteiger partial charge is 0.488 e. The van der Waals surface area contributed by atoms with Crippen molar-refractivity contribution >= 4 is 38.8 Å². The van der Waals surface area contributed by atoms with Crippen molar-refractivity contribution in [2.75, 3.05) is 40.5 Å². The molecule has 1 fully saturated rings. The highest BCUT2D eigenvalue weighted by molar-refractivity contribution is 7.92. The number of sulfonamides is 1. The van der Waals surface area contributed by atoms with Crippen molar-refractivity contribution in [2.24, 2.45) is 0 Å². The molecule has 180 valence electrons. The van der Waals surface area contributed by atoms with Gasteiger partial charge in [0.05, 0.1) is 24.7 Å². The number of carbonyl (C=O) groups is 1. The molecule has 1 N–H and O–H groups in total. The Hall–Kier alpha value is -3.86. The van der Waals surface area contributed by atoms with Crippen molar-refractivity contribution in [1.29, 1.82) is 0 Å². The number of pyridine rings is 2. The number of hydrogen-bond acceptors (Lipinski definition) is 8. The molecule has 5 heterocycles. The van der Waals surface area contributed by atoms with Gasteiger partial charge >= 0.3 is 0 Å². The molecule has 6 rings (SSSR count). The third kappa shape index (κ3) is 3.91. The van der Waals surface area contributed by atoms with Crippen LogP contribution in [0.15, 0.2) is 42.7 Å². The molecule has 0 aliphatic carbocycles. The Kier molecular flexibility index (Phi) is 5.03. The van der Waals surface area contributed by atoms with E-state index in [2.05, 4.69) is 15.3 Å². The zero-order valence-electron chi connectivity index (χ0n) is 19.0. The zero-order valence-corrected chi connectivity index (χ0v) is 19.8. The van der Waals surface area contributed by atoms with Crippen LogP contribution >= 0.6 is 0 Å². The molecule has 1 aromatic carbocycles. The summed E-state index contributed by atoms with van der Waals surface area (Å²) < 4.78 is 37.2. The fourth-order valence-corrected chi connectivity index (χ4v) is 5.56. The summed E-state index contributed by atoms with van der Waals surface area (Å²) in [5.41, 5.74) is 4.70. The van der Waals surface area contributed by atoms with Crippen LogP contribution in [0.2, 0.25) is 0 Å². The Balaban J connectivity index is 1.27. The molecule has 3 aliphatic heterocycles. The van der Waals surface area contributed by atoms with Gasteiger partial charge in [-0.3, -0.25) is 9.10 Å². The second-order valence-electron chi connectivity index (χ2n) is 8.70. The fourth-order valence-electron chi connectivity index (χ4n) is 4.66. The molecule has 0 radical (unpaired) electrons. The van der Waals surface area contributed by atoms with E-state index in [1.54, 1.807) is 23.4 Å². The van der Waals surface area contributed by atoms with Crippen LogP contribution < -0.4 is 24.0 Å². The molecule has 0 atom stereocenters. The van der Waals surface area contributed by atoms with E-state index in [0.29, 0.717) is 30.2 Å². The van der Waals surface area contributed by atoms with Crippen molar-refractivity contribution in [3.63, 3.8) is 0 Å². The normalized spacial score (nSPS) is 16.7. The first-order valence-electron chi connectivity index (χ1n) is 11.3. The maximum absolute atomic E-state index is 12.2. The Morgan fingerprint density at radius 3 is 2.71 bits per heavy atom. The molecular formula is C24H23N5O5S. The maximum Gasteiger partial charge on any atom is 0.238 e. The Labute approximate surface area is 202 Å². The van der Waals surface area contributed by atoms with Gasteiger partial charge in [0.1, 0.15) is 30.5 Å². The second kappa shape index (κ2) is 8.12. The van der Waals surface area contributed by atoms with Gasteiger partial charge in [-0.1, -0.05) is 0 Å². The molecule has 1 saturated heterocycles. The van der Waals surface area contributed by atoms with Crippen LogP contribution in [-0.4, -0.2) is 50.2 Å². The minimum atomic E-state index is -3.45. The number of carbonyl (C=O) groups excluding carboxylic acids is 1. The third-order valence-corrected chi connectivity index (χ3v) is 7.50. The van der Waals surface area contributed by atoms with Crippen LogP contribution in [0.4, 0.5) is 22.9 Å². The van der Waals surface area contributed by atoms with Gasteiger partial charge in [-0.2, -0.15) is 0 Å². The molecule has 0 spiro atoms. The number of hydrogen-bond donors (Lipinski definition) is 1. The van der Waals surface area contributed by atoms with Gasteiger partial charge in [-0.05, 0) is 30.7 Å². The minimum absolute atomic E-state index is 0.140. The van der Waals surface area contributed by atoms with Crippen LogP contribution in [0.5, 0.6) is 11.6 Å². The van der Waals surface area contributed by atoms with E-state index in [0.717, 1.165) is 47.3 Å². The van der Waals surface area contributed by atoms with Crippen molar-refractivity contribution in [2.45, 2.75) is 19.4 Å². The number of ether oxygens (including phenoxy) is 2. The lowest BCUT2D eigenvalue weighted by Crippen LogP contribution is -2.37. The lowest BCUT2D eigenvalue weighted by atomic mass is 9.98. The minimum Gasteiger partial charge on any atom is -0.488 e. The summed E-state index contributed by atoms with van der Waals surface area (Å²) in [4.78, 5) is 22.7. The van der Waals surface area contributed by atoms with Crippen molar-refractivity contribution < 1.29 is 22.7 Å². The van der Waals surface area contributed by atoms with Gasteiger partial charge < -0.3 is 19.7 Å². The van der Waals surface area contributed by atoms with Gasteiger partial charge in [0.2, 0.25) is 21.8 Å². The van der Waals surface area contributed by atoms with Crippen LogP contribution in [0, 0.1) is 0 Å². The first-order chi connectivity index (χ1) is 16.9. The number of anilines is 4. The predicted molar refractivity (Wildman–Crippen MR) is 131 cm³/mol. The molecule has 1 amide bonds. The molecule has 35 heavy (non-hydrogen) atoms. The first kappa shape index (κ1) is 21.7. The number of fused-ring (bicyclic) bond motifs is 4. The van der Waals surface area contributed by atoms with Crippen LogP contribution in [0.1, 0.15) is 18.4 Å². The van der Waals surface area contributed by atoms with Gasteiger partial charge in [0, 0.05) is 47.6 Å². The molecule has 10 nitrogen and oxygen atoms in total. The SMILES string of the molecule is CS(=O)(=O)N1CCOc2ncc(Nc3cc4c(cn3)-c3ccc(N5CCCC5=O)cc3OC4)cc21. The Morgan fingerprint density at radius 1 is 1.03 bits per heavy atom.